The first-order valence-electron chi connectivity index (χ1n) is 10.1. The van der Waals surface area contributed by atoms with Crippen LogP contribution < -0.4 is 5.32 Å². The van der Waals surface area contributed by atoms with Crippen molar-refractivity contribution in [3.8, 4) is 0 Å². The predicted molar refractivity (Wildman–Crippen MR) is 122 cm³/mol. The molecule has 31 heavy (non-hydrogen) atoms. The Morgan fingerprint density at radius 2 is 1.71 bits per heavy atom. The van der Waals surface area contributed by atoms with Gasteiger partial charge in [-0.2, -0.15) is 10.2 Å². The molecule has 160 valence electrons. The van der Waals surface area contributed by atoms with Gasteiger partial charge in [0.15, 0.2) is 0 Å². The number of nitrogens with zero attached hydrogens (tertiary/aromatic N) is 5. The molecule has 0 aliphatic carbocycles. The van der Waals surface area contributed by atoms with Gasteiger partial charge in [0.05, 0.1) is 5.71 Å². The summed E-state index contributed by atoms with van der Waals surface area (Å²) >= 11 is 6.13. The molecule has 0 fully saturated rings. The van der Waals surface area contributed by atoms with E-state index in [-0.39, 0.29) is 17.5 Å². The zero-order chi connectivity index (χ0) is 22.2. The Kier molecular flexibility index (Phi) is 5.54. The Morgan fingerprint density at radius 1 is 1.03 bits per heavy atom. The standard InChI is InChI=1S/C23H25ClN6O/c1-15-5-11-18(12-6-15)27-22(31)30-19(16-7-9-17(24)10-8-16)20(29-14-25-13-26-29)21(28-30)23(2,3)4/h5-14,19-20H,1-4H3,(H,27,31). The lowest BCUT2D eigenvalue weighted by atomic mass is 9.82. The molecule has 2 heterocycles. The van der Waals surface area contributed by atoms with Crippen molar-refractivity contribution in [3.63, 3.8) is 0 Å². The molecule has 2 amide bonds. The zero-order valence-electron chi connectivity index (χ0n) is 18.0. The second-order valence-corrected chi connectivity index (χ2v) is 9.13. The summed E-state index contributed by atoms with van der Waals surface area (Å²) in [6.45, 7) is 8.24. The van der Waals surface area contributed by atoms with Crippen LogP contribution >= 0.6 is 11.6 Å². The number of nitrogens with one attached hydrogen (secondary N) is 1. The fourth-order valence-corrected chi connectivity index (χ4v) is 3.84. The molecular weight excluding hydrogens is 412 g/mol. The molecule has 0 bridgehead atoms. The Labute approximate surface area is 186 Å². The number of amides is 2. The molecule has 0 spiro atoms. The van der Waals surface area contributed by atoms with Crippen LogP contribution in [0.25, 0.3) is 0 Å². The molecule has 2 aromatic carbocycles. The average molecular weight is 437 g/mol. The van der Waals surface area contributed by atoms with Crippen LogP contribution in [0.4, 0.5) is 10.5 Å². The maximum absolute atomic E-state index is 13.4. The molecule has 1 N–H and O–H groups in total. The predicted octanol–water partition coefficient (Wildman–Crippen LogP) is 5.47. The zero-order valence-corrected chi connectivity index (χ0v) is 18.7. The molecule has 3 aromatic rings. The van der Waals surface area contributed by atoms with Crippen LogP contribution in [-0.4, -0.2) is 31.5 Å². The first kappa shape index (κ1) is 21.1. The van der Waals surface area contributed by atoms with Crippen LogP contribution in [0.2, 0.25) is 5.02 Å². The third-order valence-electron chi connectivity index (χ3n) is 5.27. The maximum atomic E-state index is 13.4. The molecule has 2 atom stereocenters. The highest BCUT2D eigenvalue weighted by molar-refractivity contribution is 6.30. The maximum Gasteiger partial charge on any atom is 0.342 e. The lowest BCUT2D eigenvalue weighted by molar-refractivity contribution is 0.188. The summed E-state index contributed by atoms with van der Waals surface area (Å²) in [5.41, 5.74) is 3.30. The quantitative estimate of drug-likeness (QED) is 0.591. The van der Waals surface area contributed by atoms with Gasteiger partial charge in [0.25, 0.3) is 0 Å². The van der Waals surface area contributed by atoms with Gasteiger partial charge in [-0.3, -0.25) is 0 Å². The number of benzene rings is 2. The Bertz CT molecular complexity index is 1080. The largest absolute Gasteiger partial charge is 0.342 e. The number of hydrogen-bond donors (Lipinski definition) is 1. The summed E-state index contributed by atoms with van der Waals surface area (Å²) in [4.78, 5) is 17.5. The van der Waals surface area contributed by atoms with Crippen molar-refractivity contribution in [1.29, 1.82) is 0 Å². The van der Waals surface area contributed by atoms with Gasteiger partial charge in [-0.05, 0) is 36.8 Å². The van der Waals surface area contributed by atoms with Crippen molar-refractivity contribution in [2.24, 2.45) is 10.5 Å². The normalized spacial score (nSPS) is 18.7. The second-order valence-electron chi connectivity index (χ2n) is 8.69. The van der Waals surface area contributed by atoms with Gasteiger partial charge in [0.2, 0.25) is 0 Å². The minimum Gasteiger partial charge on any atom is -0.306 e. The highest BCUT2D eigenvalue weighted by Crippen LogP contribution is 2.43. The summed E-state index contributed by atoms with van der Waals surface area (Å²) in [6.07, 6.45) is 3.16. The van der Waals surface area contributed by atoms with Crippen molar-refractivity contribution in [3.05, 3.63) is 77.3 Å². The molecular formula is C23H25ClN6O. The minimum atomic E-state index is -0.404. The van der Waals surface area contributed by atoms with Crippen LogP contribution in [0.3, 0.4) is 0 Å². The molecule has 1 aromatic heterocycles. The molecule has 4 rings (SSSR count). The van der Waals surface area contributed by atoms with Crippen LogP contribution in [0.5, 0.6) is 0 Å². The Morgan fingerprint density at radius 3 is 2.29 bits per heavy atom. The number of carbonyl (C=O) groups is 1. The summed E-state index contributed by atoms with van der Waals surface area (Å²) < 4.78 is 1.77. The van der Waals surface area contributed by atoms with E-state index in [0.717, 1.165) is 16.8 Å². The molecule has 0 saturated heterocycles. The van der Waals surface area contributed by atoms with Gasteiger partial charge in [-0.1, -0.05) is 62.2 Å². The number of carbonyl (C=O) groups excluding carboxylic acids is 1. The smallest absolute Gasteiger partial charge is 0.306 e. The van der Waals surface area contributed by atoms with Crippen LogP contribution in [0.15, 0.2) is 66.3 Å². The molecule has 7 nitrogen and oxygen atoms in total. The van der Waals surface area contributed by atoms with Gasteiger partial charge in [0.1, 0.15) is 24.7 Å². The summed E-state index contributed by atoms with van der Waals surface area (Å²) in [6, 6.07) is 14.1. The van der Waals surface area contributed by atoms with Crippen molar-refractivity contribution in [2.75, 3.05) is 5.32 Å². The van der Waals surface area contributed by atoms with E-state index in [1.807, 2.05) is 55.5 Å². The fraction of sp³-hybridized carbons (Fsp3) is 0.304. The van der Waals surface area contributed by atoms with E-state index in [1.165, 1.54) is 11.3 Å². The van der Waals surface area contributed by atoms with Gasteiger partial charge in [0, 0.05) is 16.1 Å². The summed E-state index contributed by atoms with van der Waals surface area (Å²) in [7, 11) is 0. The average Bonchev–Trinajstić information content (AvgIpc) is 3.37. The number of aryl methyl sites for hydroxylation is 1. The van der Waals surface area contributed by atoms with Crippen molar-refractivity contribution in [2.45, 2.75) is 39.8 Å². The Balaban J connectivity index is 1.78. The lowest BCUT2D eigenvalue weighted by Gasteiger charge is -2.29. The first-order chi connectivity index (χ1) is 14.7. The van der Waals surface area contributed by atoms with E-state index in [9.17, 15) is 4.79 Å². The van der Waals surface area contributed by atoms with E-state index in [4.69, 9.17) is 16.7 Å². The summed E-state index contributed by atoms with van der Waals surface area (Å²) in [5.74, 6) is 0. The first-order valence-corrected chi connectivity index (χ1v) is 10.5. The number of rotatable bonds is 3. The van der Waals surface area contributed by atoms with E-state index in [2.05, 4.69) is 36.2 Å². The third kappa shape index (κ3) is 4.32. The van der Waals surface area contributed by atoms with E-state index < -0.39 is 6.04 Å². The lowest BCUT2D eigenvalue weighted by Crippen LogP contribution is -2.36. The monoisotopic (exact) mass is 436 g/mol. The topological polar surface area (TPSA) is 75.4 Å². The number of aromatic nitrogens is 3. The molecule has 8 heteroatoms. The highest BCUT2D eigenvalue weighted by atomic mass is 35.5. The van der Waals surface area contributed by atoms with Gasteiger partial charge in [-0.15, -0.1) is 0 Å². The minimum absolute atomic E-state index is 0.291. The Hall–Kier alpha value is -3.19. The van der Waals surface area contributed by atoms with Gasteiger partial charge >= 0.3 is 6.03 Å². The van der Waals surface area contributed by atoms with Crippen molar-refractivity contribution >= 4 is 29.0 Å². The number of anilines is 1. The van der Waals surface area contributed by atoms with Crippen LogP contribution in [0, 0.1) is 12.3 Å². The molecule has 0 radical (unpaired) electrons. The number of halogens is 1. The van der Waals surface area contributed by atoms with E-state index in [1.54, 1.807) is 11.0 Å². The molecule has 1 aliphatic heterocycles. The number of hydrazone groups is 1. The fourth-order valence-electron chi connectivity index (χ4n) is 3.72. The number of hydrogen-bond acceptors (Lipinski definition) is 4. The highest BCUT2D eigenvalue weighted by Gasteiger charge is 2.46. The van der Waals surface area contributed by atoms with Crippen molar-refractivity contribution < 1.29 is 4.79 Å². The molecule has 2 unspecified atom stereocenters. The van der Waals surface area contributed by atoms with Crippen LogP contribution in [0.1, 0.15) is 44.0 Å². The number of urea groups is 1. The van der Waals surface area contributed by atoms with Crippen molar-refractivity contribution in [1.82, 2.24) is 19.8 Å². The molecule has 1 aliphatic rings. The van der Waals surface area contributed by atoms with Gasteiger partial charge < -0.3 is 5.32 Å². The van der Waals surface area contributed by atoms with Gasteiger partial charge in [-0.25, -0.2) is 19.5 Å². The van der Waals surface area contributed by atoms with Crippen LogP contribution in [-0.2, 0) is 0 Å². The van der Waals surface area contributed by atoms with E-state index >= 15 is 0 Å². The second kappa shape index (κ2) is 8.15. The SMILES string of the molecule is Cc1ccc(NC(=O)N2N=C(C(C)(C)C)C(n3cncn3)C2c2ccc(Cl)cc2)cc1. The molecule has 0 saturated carbocycles. The summed E-state index contributed by atoms with van der Waals surface area (Å²) in [5, 5.41) is 14.3. The third-order valence-corrected chi connectivity index (χ3v) is 5.52. The van der Waals surface area contributed by atoms with E-state index in [0.29, 0.717) is 10.7 Å².